The lowest BCUT2D eigenvalue weighted by Crippen LogP contribution is -2.32. The molecule has 2 heterocycles. The van der Waals surface area contributed by atoms with Crippen molar-refractivity contribution in [2.24, 2.45) is 7.05 Å². The number of carbonyl (C=O) groups excluding carboxylic acids is 1. The average molecular weight is 501 g/mol. The summed E-state index contributed by atoms with van der Waals surface area (Å²) in [6.07, 6.45) is -8.72. The average Bonchev–Trinajstić information content (AvgIpc) is 3.14. The van der Waals surface area contributed by atoms with Crippen LogP contribution in [0.15, 0.2) is 36.5 Å². The van der Waals surface area contributed by atoms with E-state index >= 15 is 0 Å². The molecule has 8 nitrogen and oxygen atoms in total. The standard InChI is InChI=1S/C21H21F6N7O/c1-33(2)7-6-28-18(35)17-11-16(32-34(17)3)15-4-5-29-19(31-15)30-14-9-12(20(22,23)24)8-13(10-14)21(25,26)27/h4-5,8-11H,6-7H2,1-3H3,(H,28,35)(H,29,30,31). The van der Waals surface area contributed by atoms with Crippen LogP contribution in [0, 0.1) is 0 Å². The number of carbonyl (C=O) groups is 1. The highest BCUT2D eigenvalue weighted by Crippen LogP contribution is 2.38. The van der Waals surface area contributed by atoms with Crippen LogP contribution in [-0.2, 0) is 19.4 Å². The number of benzene rings is 1. The number of rotatable bonds is 7. The van der Waals surface area contributed by atoms with Crippen LogP contribution in [0.2, 0.25) is 0 Å². The maximum Gasteiger partial charge on any atom is 0.416 e. The number of nitrogens with one attached hydrogen (secondary N) is 2. The Balaban J connectivity index is 1.86. The summed E-state index contributed by atoms with van der Waals surface area (Å²) in [4.78, 5) is 22.3. The second-order valence-electron chi connectivity index (χ2n) is 7.78. The minimum Gasteiger partial charge on any atom is -0.349 e. The van der Waals surface area contributed by atoms with Gasteiger partial charge in [0, 0.05) is 32.0 Å². The summed E-state index contributed by atoms with van der Waals surface area (Å²) >= 11 is 0. The highest BCUT2D eigenvalue weighted by molar-refractivity contribution is 5.93. The summed E-state index contributed by atoms with van der Waals surface area (Å²) in [5, 5.41) is 9.34. The van der Waals surface area contributed by atoms with Crippen LogP contribution in [-0.4, -0.2) is 57.7 Å². The highest BCUT2D eigenvalue weighted by atomic mass is 19.4. The van der Waals surface area contributed by atoms with Crippen LogP contribution in [0.4, 0.5) is 38.0 Å². The van der Waals surface area contributed by atoms with Crippen molar-refractivity contribution in [3.63, 3.8) is 0 Å². The number of alkyl halides is 6. The van der Waals surface area contributed by atoms with Gasteiger partial charge in [-0.05, 0) is 44.4 Å². The molecule has 0 spiro atoms. The van der Waals surface area contributed by atoms with E-state index in [0.717, 1.165) is 0 Å². The Morgan fingerprint density at radius 3 is 2.20 bits per heavy atom. The van der Waals surface area contributed by atoms with Crippen molar-refractivity contribution in [1.82, 2.24) is 30.0 Å². The van der Waals surface area contributed by atoms with Gasteiger partial charge in [0.2, 0.25) is 5.95 Å². The van der Waals surface area contributed by atoms with E-state index in [2.05, 4.69) is 25.7 Å². The number of likely N-dealkylation sites (N-methyl/N-ethyl adjacent to an activating group) is 1. The molecule has 0 unspecified atom stereocenters. The number of aromatic nitrogens is 4. The Hall–Kier alpha value is -3.68. The second kappa shape index (κ2) is 9.90. The van der Waals surface area contributed by atoms with E-state index in [4.69, 9.17) is 0 Å². The van der Waals surface area contributed by atoms with Gasteiger partial charge in [-0.1, -0.05) is 0 Å². The van der Waals surface area contributed by atoms with Crippen molar-refractivity contribution in [3.8, 4) is 11.4 Å². The molecule has 0 bridgehead atoms. The highest BCUT2D eigenvalue weighted by Gasteiger charge is 2.37. The van der Waals surface area contributed by atoms with Crippen molar-refractivity contribution in [2.45, 2.75) is 12.4 Å². The molecule has 3 rings (SSSR count). The quantitative estimate of drug-likeness (QED) is 0.477. The second-order valence-corrected chi connectivity index (χ2v) is 7.78. The van der Waals surface area contributed by atoms with Gasteiger partial charge in [0.1, 0.15) is 11.4 Å². The number of halogens is 6. The molecule has 0 aliphatic heterocycles. The predicted octanol–water partition coefficient (Wildman–Crippen LogP) is 3.95. The molecule has 1 amide bonds. The molecular formula is C21H21F6N7O. The van der Waals surface area contributed by atoms with E-state index < -0.39 is 29.2 Å². The summed E-state index contributed by atoms with van der Waals surface area (Å²) in [6.45, 7) is 1.04. The fourth-order valence-corrected chi connectivity index (χ4v) is 3.01. The minimum atomic E-state index is -4.99. The van der Waals surface area contributed by atoms with Crippen molar-refractivity contribution in [1.29, 1.82) is 0 Å². The first-order chi connectivity index (χ1) is 16.2. The SMILES string of the molecule is CN(C)CCNC(=O)c1cc(-c2ccnc(Nc3cc(C(F)(F)F)cc(C(F)(F)F)c3)n2)nn1C. The van der Waals surface area contributed by atoms with E-state index in [-0.39, 0.29) is 35.0 Å². The Labute approximate surface area is 196 Å². The third-order valence-corrected chi connectivity index (χ3v) is 4.72. The zero-order valence-electron chi connectivity index (χ0n) is 18.8. The van der Waals surface area contributed by atoms with Crippen LogP contribution in [0.25, 0.3) is 11.4 Å². The fourth-order valence-electron chi connectivity index (χ4n) is 3.01. The van der Waals surface area contributed by atoms with Crippen LogP contribution in [0.5, 0.6) is 0 Å². The van der Waals surface area contributed by atoms with Gasteiger partial charge in [-0.25, -0.2) is 9.97 Å². The number of hydrogen-bond acceptors (Lipinski definition) is 6. The van der Waals surface area contributed by atoms with E-state index in [9.17, 15) is 31.1 Å². The van der Waals surface area contributed by atoms with Crippen LogP contribution in [0.1, 0.15) is 21.6 Å². The Bertz CT molecular complexity index is 1170. The summed E-state index contributed by atoms with van der Waals surface area (Å²) in [5.41, 5.74) is -2.74. The molecule has 0 saturated heterocycles. The van der Waals surface area contributed by atoms with E-state index in [1.807, 2.05) is 19.0 Å². The molecule has 188 valence electrons. The molecule has 0 saturated carbocycles. The molecule has 14 heteroatoms. The minimum absolute atomic E-state index is 0.0292. The topological polar surface area (TPSA) is 88.0 Å². The first kappa shape index (κ1) is 25.9. The van der Waals surface area contributed by atoms with Gasteiger partial charge in [-0.2, -0.15) is 31.4 Å². The zero-order valence-corrected chi connectivity index (χ0v) is 18.8. The maximum absolute atomic E-state index is 13.1. The van der Waals surface area contributed by atoms with Crippen LogP contribution >= 0.6 is 0 Å². The summed E-state index contributed by atoms with van der Waals surface area (Å²) < 4.78 is 80.0. The summed E-state index contributed by atoms with van der Waals surface area (Å²) in [5.74, 6) is -0.623. The first-order valence-electron chi connectivity index (χ1n) is 10.1. The molecule has 2 aromatic heterocycles. The molecule has 35 heavy (non-hydrogen) atoms. The molecule has 3 aromatic rings. The molecule has 0 atom stereocenters. The van der Waals surface area contributed by atoms with Crippen LogP contribution in [0.3, 0.4) is 0 Å². The van der Waals surface area contributed by atoms with Gasteiger partial charge in [0.15, 0.2) is 0 Å². The van der Waals surface area contributed by atoms with Crippen molar-refractivity contribution in [3.05, 3.63) is 53.3 Å². The van der Waals surface area contributed by atoms with Crippen LogP contribution < -0.4 is 10.6 Å². The lowest BCUT2D eigenvalue weighted by atomic mass is 10.1. The number of hydrogen-bond donors (Lipinski definition) is 2. The normalized spacial score (nSPS) is 12.2. The Kier molecular flexibility index (Phi) is 7.33. The molecule has 0 fully saturated rings. The zero-order chi connectivity index (χ0) is 26.0. The third kappa shape index (κ3) is 6.68. The van der Waals surface area contributed by atoms with Gasteiger partial charge >= 0.3 is 12.4 Å². The lowest BCUT2D eigenvalue weighted by Gasteiger charge is -2.14. The number of aryl methyl sites for hydroxylation is 1. The van der Waals surface area contributed by atoms with Crippen molar-refractivity contribution >= 4 is 17.5 Å². The number of anilines is 2. The number of nitrogens with zero attached hydrogens (tertiary/aromatic N) is 5. The smallest absolute Gasteiger partial charge is 0.349 e. The first-order valence-corrected chi connectivity index (χ1v) is 10.1. The summed E-state index contributed by atoms with van der Waals surface area (Å²) in [6, 6.07) is 3.99. The number of amides is 1. The maximum atomic E-state index is 13.1. The van der Waals surface area contributed by atoms with E-state index in [1.54, 1.807) is 7.05 Å². The van der Waals surface area contributed by atoms with E-state index in [0.29, 0.717) is 25.2 Å². The largest absolute Gasteiger partial charge is 0.416 e. The third-order valence-electron chi connectivity index (χ3n) is 4.72. The Morgan fingerprint density at radius 1 is 1.00 bits per heavy atom. The van der Waals surface area contributed by atoms with Gasteiger partial charge in [-0.3, -0.25) is 9.48 Å². The summed E-state index contributed by atoms with van der Waals surface area (Å²) in [7, 11) is 5.27. The Morgan fingerprint density at radius 2 is 1.63 bits per heavy atom. The monoisotopic (exact) mass is 501 g/mol. The van der Waals surface area contributed by atoms with Crippen molar-refractivity contribution < 1.29 is 31.1 Å². The van der Waals surface area contributed by atoms with Gasteiger partial charge in [0.25, 0.3) is 5.91 Å². The lowest BCUT2D eigenvalue weighted by molar-refractivity contribution is -0.143. The molecule has 0 radical (unpaired) electrons. The molecule has 0 aliphatic rings. The van der Waals surface area contributed by atoms with Gasteiger partial charge in [0.05, 0.1) is 16.8 Å². The fraction of sp³-hybridized carbons (Fsp3) is 0.333. The molecule has 2 N–H and O–H groups in total. The van der Waals surface area contributed by atoms with Gasteiger partial charge < -0.3 is 15.5 Å². The molecule has 0 aliphatic carbocycles. The van der Waals surface area contributed by atoms with Gasteiger partial charge in [-0.15, -0.1) is 0 Å². The molecular weight excluding hydrogens is 480 g/mol. The van der Waals surface area contributed by atoms with E-state index in [1.165, 1.54) is 23.0 Å². The predicted molar refractivity (Wildman–Crippen MR) is 115 cm³/mol. The van der Waals surface area contributed by atoms with Crippen molar-refractivity contribution in [2.75, 3.05) is 32.5 Å². The molecule has 1 aromatic carbocycles.